The van der Waals surface area contributed by atoms with E-state index in [1.165, 1.54) is 12.5 Å². The molecule has 16 heavy (non-hydrogen) atoms. The third-order valence-electron chi connectivity index (χ3n) is 2.02. The molecule has 0 spiro atoms. The van der Waals surface area contributed by atoms with Crippen molar-refractivity contribution in [1.29, 1.82) is 0 Å². The third kappa shape index (κ3) is 2.18. The van der Waals surface area contributed by atoms with Crippen LogP contribution in [-0.4, -0.2) is 20.2 Å². The number of rotatable bonds is 2. The highest BCUT2D eigenvalue weighted by Gasteiger charge is 2.35. The molecule has 0 aliphatic heterocycles. The van der Waals surface area contributed by atoms with Gasteiger partial charge in [-0.25, -0.2) is 9.97 Å². The maximum absolute atomic E-state index is 12.5. The van der Waals surface area contributed by atoms with Crippen LogP contribution < -0.4 is 0 Å². The summed E-state index contributed by atoms with van der Waals surface area (Å²) >= 11 is 0. The summed E-state index contributed by atoms with van der Waals surface area (Å²) in [5, 5.41) is 5.34. The Morgan fingerprint density at radius 1 is 1.31 bits per heavy atom. The van der Waals surface area contributed by atoms with Crippen molar-refractivity contribution in [1.82, 2.24) is 20.2 Å². The minimum absolute atomic E-state index is 0.0752. The lowest BCUT2D eigenvalue weighted by atomic mass is 10.1. The van der Waals surface area contributed by atoms with Gasteiger partial charge in [-0.3, -0.25) is 5.10 Å². The molecule has 0 amide bonds. The lowest BCUT2D eigenvalue weighted by Gasteiger charge is -2.06. The number of hydrogen-bond donors (Lipinski definition) is 1. The molecule has 2 rings (SSSR count). The number of nitrogens with zero attached hydrogens (tertiary/aromatic N) is 3. The molecule has 7 heteroatoms. The van der Waals surface area contributed by atoms with Gasteiger partial charge >= 0.3 is 6.18 Å². The fraction of sp³-hybridized carbons (Fsp3) is 0.222. The van der Waals surface area contributed by atoms with E-state index in [2.05, 4.69) is 15.1 Å². The number of H-pyrrole nitrogens is 1. The molecule has 0 saturated carbocycles. The van der Waals surface area contributed by atoms with Gasteiger partial charge in [-0.2, -0.15) is 18.3 Å². The molecule has 0 saturated heterocycles. The lowest BCUT2D eigenvalue weighted by Crippen LogP contribution is -2.09. The van der Waals surface area contributed by atoms with Crippen LogP contribution in [0.15, 0.2) is 24.8 Å². The highest BCUT2D eigenvalue weighted by atomic mass is 19.4. The van der Waals surface area contributed by atoms with E-state index in [9.17, 15) is 13.2 Å². The third-order valence-corrected chi connectivity index (χ3v) is 2.02. The highest BCUT2D eigenvalue weighted by Crippen LogP contribution is 2.30. The second-order valence-electron chi connectivity index (χ2n) is 3.15. The van der Waals surface area contributed by atoms with E-state index in [4.69, 9.17) is 0 Å². The maximum Gasteiger partial charge on any atom is 0.433 e. The Morgan fingerprint density at radius 3 is 2.75 bits per heavy atom. The van der Waals surface area contributed by atoms with Crippen LogP contribution in [-0.2, 0) is 12.6 Å². The number of halogens is 3. The minimum Gasteiger partial charge on any atom is -0.273 e. The zero-order chi connectivity index (χ0) is 11.6. The normalized spacial score (nSPS) is 11.7. The molecule has 0 unspecified atom stereocenters. The van der Waals surface area contributed by atoms with Crippen molar-refractivity contribution in [3.63, 3.8) is 0 Å². The molecule has 0 radical (unpaired) electrons. The lowest BCUT2D eigenvalue weighted by molar-refractivity contribution is -0.141. The molecule has 0 bridgehead atoms. The SMILES string of the molecule is FC(F)(F)c1[nH]ncc1Cc1ccncn1. The average molecular weight is 228 g/mol. The summed E-state index contributed by atoms with van der Waals surface area (Å²) < 4.78 is 37.4. The molecule has 0 aromatic carbocycles. The quantitative estimate of drug-likeness (QED) is 0.852. The summed E-state index contributed by atoms with van der Waals surface area (Å²) in [5.41, 5.74) is -0.237. The van der Waals surface area contributed by atoms with Crippen LogP contribution in [0.5, 0.6) is 0 Å². The van der Waals surface area contributed by atoms with Gasteiger partial charge in [0, 0.05) is 23.9 Å². The summed E-state index contributed by atoms with van der Waals surface area (Å²) in [6, 6.07) is 1.56. The molecule has 2 aromatic rings. The second kappa shape index (κ2) is 3.92. The Balaban J connectivity index is 2.26. The molecule has 0 aliphatic rings. The van der Waals surface area contributed by atoms with Gasteiger partial charge in [0.2, 0.25) is 0 Å². The van der Waals surface area contributed by atoms with Gasteiger partial charge in [-0.05, 0) is 6.07 Å². The van der Waals surface area contributed by atoms with Crippen molar-refractivity contribution in [3.05, 3.63) is 41.7 Å². The predicted molar refractivity (Wildman–Crippen MR) is 48.4 cm³/mol. The zero-order valence-corrected chi connectivity index (χ0v) is 7.99. The zero-order valence-electron chi connectivity index (χ0n) is 7.99. The molecule has 4 nitrogen and oxygen atoms in total. The first-order valence-corrected chi connectivity index (χ1v) is 4.41. The van der Waals surface area contributed by atoms with E-state index in [1.54, 1.807) is 6.07 Å². The van der Waals surface area contributed by atoms with Gasteiger partial charge in [0.05, 0.1) is 6.20 Å². The first kappa shape index (κ1) is 10.6. The summed E-state index contributed by atoms with van der Waals surface area (Å²) in [4.78, 5) is 7.55. The molecule has 2 aromatic heterocycles. The Bertz CT molecular complexity index is 463. The number of aromatic amines is 1. The van der Waals surface area contributed by atoms with Crippen LogP contribution in [0.1, 0.15) is 17.0 Å². The average Bonchev–Trinajstić information content (AvgIpc) is 2.67. The fourth-order valence-electron chi connectivity index (χ4n) is 1.31. The van der Waals surface area contributed by atoms with Gasteiger partial charge in [-0.1, -0.05) is 0 Å². The Labute approximate surface area is 88.6 Å². The first-order valence-electron chi connectivity index (χ1n) is 4.41. The Kier molecular flexibility index (Phi) is 2.59. The molecule has 1 N–H and O–H groups in total. The molecule has 0 fully saturated rings. The monoisotopic (exact) mass is 228 g/mol. The van der Waals surface area contributed by atoms with Crippen molar-refractivity contribution < 1.29 is 13.2 Å². The van der Waals surface area contributed by atoms with Crippen LogP contribution in [0.25, 0.3) is 0 Å². The van der Waals surface area contributed by atoms with E-state index in [0.717, 1.165) is 6.20 Å². The number of hydrogen-bond acceptors (Lipinski definition) is 3. The van der Waals surface area contributed by atoms with Crippen molar-refractivity contribution in [3.8, 4) is 0 Å². The molecular formula is C9H7F3N4. The van der Waals surface area contributed by atoms with Gasteiger partial charge in [-0.15, -0.1) is 0 Å². The van der Waals surface area contributed by atoms with Crippen molar-refractivity contribution >= 4 is 0 Å². The number of alkyl halides is 3. The van der Waals surface area contributed by atoms with Gasteiger partial charge in [0.1, 0.15) is 12.0 Å². The van der Waals surface area contributed by atoms with E-state index in [-0.39, 0.29) is 12.0 Å². The van der Waals surface area contributed by atoms with Gasteiger partial charge < -0.3 is 0 Å². The first-order chi connectivity index (χ1) is 7.57. The van der Waals surface area contributed by atoms with Gasteiger partial charge in [0.25, 0.3) is 0 Å². The smallest absolute Gasteiger partial charge is 0.273 e. The highest BCUT2D eigenvalue weighted by molar-refractivity contribution is 5.24. The topological polar surface area (TPSA) is 54.5 Å². The van der Waals surface area contributed by atoms with Crippen LogP contribution in [0, 0.1) is 0 Å². The molecule has 2 heterocycles. The van der Waals surface area contributed by atoms with E-state index < -0.39 is 11.9 Å². The molecule has 0 atom stereocenters. The Morgan fingerprint density at radius 2 is 2.12 bits per heavy atom. The fourth-order valence-corrected chi connectivity index (χ4v) is 1.31. The largest absolute Gasteiger partial charge is 0.433 e. The molecule has 84 valence electrons. The molecule has 0 aliphatic carbocycles. The molecular weight excluding hydrogens is 221 g/mol. The van der Waals surface area contributed by atoms with E-state index >= 15 is 0 Å². The van der Waals surface area contributed by atoms with Crippen molar-refractivity contribution in [2.24, 2.45) is 0 Å². The van der Waals surface area contributed by atoms with Gasteiger partial charge in [0.15, 0.2) is 0 Å². The number of nitrogens with one attached hydrogen (secondary N) is 1. The predicted octanol–water partition coefficient (Wildman–Crippen LogP) is 1.81. The minimum atomic E-state index is -4.42. The number of aromatic nitrogens is 4. The van der Waals surface area contributed by atoms with Crippen molar-refractivity contribution in [2.75, 3.05) is 0 Å². The van der Waals surface area contributed by atoms with E-state index in [1.807, 2.05) is 5.10 Å². The second-order valence-corrected chi connectivity index (χ2v) is 3.15. The van der Waals surface area contributed by atoms with Crippen LogP contribution in [0.2, 0.25) is 0 Å². The standard InChI is InChI=1S/C9H7F3N4/c10-9(11,12)8-6(4-15-16-8)3-7-1-2-13-5-14-7/h1-2,4-5H,3H2,(H,15,16). The summed E-state index contributed by atoms with van der Waals surface area (Å²) in [7, 11) is 0. The summed E-state index contributed by atoms with van der Waals surface area (Å²) in [6.45, 7) is 0. The summed E-state index contributed by atoms with van der Waals surface area (Å²) in [5.74, 6) is 0. The van der Waals surface area contributed by atoms with E-state index in [0.29, 0.717) is 5.69 Å². The van der Waals surface area contributed by atoms with Crippen molar-refractivity contribution in [2.45, 2.75) is 12.6 Å². The van der Waals surface area contributed by atoms with Crippen LogP contribution in [0.3, 0.4) is 0 Å². The Hall–Kier alpha value is -1.92. The maximum atomic E-state index is 12.5. The van der Waals surface area contributed by atoms with Crippen LogP contribution >= 0.6 is 0 Å². The summed E-state index contributed by atoms with van der Waals surface area (Å²) in [6.07, 6.45) is -0.407. The van der Waals surface area contributed by atoms with Crippen LogP contribution in [0.4, 0.5) is 13.2 Å².